The van der Waals surface area contributed by atoms with E-state index in [1.54, 1.807) is 0 Å². The summed E-state index contributed by atoms with van der Waals surface area (Å²) in [4.78, 5) is 2.49. The van der Waals surface area contributed by atoms with Crippen molar-refractivity contribution in [2.24, 2.45) is 0 Å². The molecule has 0 atom stereocenters. The molecule has 1 aromatic heterocycles. The summed E-state index contributed by atoms with van der Waals surface area (Å²) in [5, 5.41) is 10.3. The Kier molecular flexibility index (Phi) is 9.97. The number of fused-ring (bicyclic) bond motifs is 7. The minimum atomic E-state index is 0.574. The van der Waals surface area contributed by atoms with Gasteiger partial charge in [-0.1, -0.05) is 201 Å². The molecule has 0 spiro atoms. The summed E-state index contributed by atoms with van der Waals surface area (Å²) in [6, 6.07) is 87.8. The van der Waals surface area contributed by atoms with Gasteiger partial charge in [-0.3, -0.25) is 0 Å². The SMILES string of the molecule is c1ccc(-n2c3ccccc3c3c(-c4ccc(N(c5cccc(-c6cccc7c6ccc6ccccc67)c5)c5ccccc5-c5cccc6cccc(C7CCCCC7)c56)cc4)cccc32)cc1. The molecule has 12 aromatic rings. The Hall–Kier alpha value is -8.20. The number of para-hydroxylation sites is 3. The molecule has 0 bridgehead atoms. The molecule has 1 fully saturated rings. The number of nitrogens with zero attached hydrogens (tertiary/aromatic N) is 2. The van der Waals surface area contributed by atoms with Crippen LogP contribution in [-0.2, 0) is 0 Å². The highest BCUT2D eigenvalue weighted by Crippen LogP contribution is 2.47. The minimum absolute atomic E-state index is 0.574. The van der Waals surface area contributed by atoms with Crippen LogP contribution < -0.4 is 4.90 Å². The third kappa shape index (κ3) is 6.78. The van der Waals surface area contributed by atoms with E-state index in [0.29, 0.717) is 5.92 Å². The Morgan fingerprint density at radius 1 is 0.353 bits per heavy atom. The normalized spacial score (nSPS) is 13.2. The molecular formula is C66H50N2. The topological polar surface area (TPSA) is 8.17 Å². The Morgan fingerprint density at radius 2 is 1.00 bits per heavy atom. The average Bonchev–Trinajstić information content (AvgIpc) is 3.76. The molecule has 0 N–H and O–H groups in total. The molecule has 68 heavy (non-hydrogen) atoms. The van der Waals surface area contributed by atoms with Gasteiger partial charge in [-0.2, -0.15) is 0 Å². The molecular weight excluding hydrogens is 821 g/mol. The molecule has 324 valence electrons. The molecule has 0 amide bonds. The monoisotopic (exact) mass is 870 g/mol. The van der Waals surface area contributed by atoms with Crippen molar-refractivity contribution >= 4 is 71.2 Å². The van der Waals surface area contributed by atoms with Crippen LogP contribution in [0.2, 0.25) is 0 Å². The Bertz CT molecular complexity index is 3830. The van der Waals surface area contributed by atoms with Crippen molar-refractivity contribution in [2.45, 2.75) is 38.0 Å². The fraction of sp³-hybridized carbons (Fsp3) is 0.0909. The largest absolute Gasteiger partial charge is 0.310 e. The van der Waals surface area contributed by atoms with Crippen molar-refractivity contribution in [1.82, 2.24) is 4.57 Å². The van der Waals surface area contributed by atoms with Gasteiger partial charge in [0.2, 0.25) is 0 Å². The molecule has 1 heterocycles. The van der Waals surface area contributed by atoms with Crippen molar-refractivity contribution < 1.29 is 0 Å². The lowest BCUT2D eigenvalue weighted by Gasteiger charge is -2.29. The molecule has 1 aliphatic rings. The highest BCUT2D eigenvalue weighted by Gasteiger charge is 2.24. The molecule has 2 nitrogen and oxygen atoms in total. The van der Waals surface area contributed by atoms with Crippen LogP contribution in [0.25, 0.3) is 93.2 Å². The van der Waals surface area contributed by atoms with Crippen LogP contribution in [0.4, 0.5) is 17.1 Å². The Labute approximate surface area is 398 Å². The number of hydrogen-bond donors (Lipinski definition) is 0. The Morgan fingerprint density at radius 3 is 1.88 bits per heavy atom. The number of aromatic nitrogens is 1. The van der Waals surface area contributed by atoms with Gasteiger partial charge in [0.25, 0.3) is 0 Å². The summed E-state index contributed by atoms with van der Waals surface area (Å²) < 4.78 is 2.40. The van der Waals surface area contributed by atoms with Gasteiger partial charge in [0.1, 0.15) is 0 Å². The number of benzene rings is 11. The van der Waals surface area contributed by atoms with Gasteiger partial charge in [-0.15, -0.1) is 0 Å². The van der Waals surface area contributed by atoms with Crippen LogP contribution in [0.1, 0.15) is 43.6 Å². The average molecular weight is 871 g/mol. The lowest BCUT2D eigenvalue weighted by molar-refractivity contribution is 0.445. The van der Waals surface area contributed by atoms with Crippen LogP contribution in [0.3, 0.4) is 0 Å². The fourth-order valence-corrected chi connectivity index (χ4v) is 11.7. The van der Waals surface area contributed by atoms with Crippen molar-refractivity contribution in [2.75, 3.05) is 4.90 Å². The summed E-state index contributed by atoms with van der Waals surface area (Å²) in [5.41, 5.74) is 15.8. The molecule has 0 aliphatic heterocycles. The van der Waals surface area contributed by atoms with Crippen molar-refractivity contribution in [3.63, 3.8) is 0 Å². The smallest absolute Gasteiger partial charge is 0.0547 e. The van der Waals surface area contributed by atoms with Gasteiger partial charge >= 0.3 is 0 Å². The summed E-state index contributed by atoms with van der Waals surface area (Å²) in [6.07, 6.45) is 6.45. The molecule has 0 radical (unpaired) electrons. The van der Waals surface area contributed by atoms with Gasteiger partial charge < -0.3 is 9.47 Å². The van der Waals surface area contributed by atoms with E-state index < -0.39 is 0 Å². The quantitative estimate of drug-likeness (QED) is 0.138. The summed E-state index contributed by atoms with van der Waals surface area (Å²) in [6.45, 7) is 0. The van der Waals surface area contributed by atoms with Crippen LogP contribution in [0, 0.1) is 0 Å². The van der Waals surface area contributed by atoms with Gasteiger partial charge in [-0.05, 0) is 139 Å². The van der Waals surface area contributed by atoms with Crippen LogP contribution in [-0.4, -0.2) is 4.57 Å². The first-order chi connectivity index (χ1) is 33.8. The molecule has 13 rings (SSSR count). The summed E-state index contributed by atoms with van der Waals surface area (Å²) in [5.74, 6) is 0.574. The van der Waals surface area contributed by atoms with Crippen molar-refractivity contribution in [3.8, 4) is 39.1 Å². The van der Waals surface area contributed by atoms with Crippen LogP contribution >= 0.6 is 0 Å². The lowest BCUT2D eigenvalue weighted by atomic mass is 9.80. The highest BCUT2D eigenvalue weighted by molar-refractivity contribution is 6.16. The predicted octanol–water partition coefficient (Wildman–Crippen LogP) is 18.8. The third-order valence-corrected chi connectivity index (χ3v) is 14.8. The Balaban J connectivity index is 1.00. The maximum Gasteiger partial charge on any atom is 0.0547 e. The van der Waals surface area contributed by atoms with E-state index in [1.165, 1.54) is 125 Å². The van der Waals surface area contributed by atoms with Crippen LogP contribution in [0.15, 0.2) is 237 Å². The van der Waals surface area contributed by atoms with E-state index in [4.69, 9.17) is 0 Å². The highest BCUT2D eigenvalue weighted by atomic mass is 15.1. The standard InChI is InChI=1S/C66H50N2/c1-3-18-45(19-4-1)55-31-14-21-48-22-15-34-60(65(48)55)59-28-9-11-35-62(59)67(52-26-13-23-49(44-52)54-30-16-33-57-53-27-8-7-20-46(53)40-43-58(54)57)51-41-38-47(39-42-51)56-32-17-37-64-66(56)61-29-10-12-36-63(61)68(64)50-24-5-2-6-25-50/h2,5-17,20-45H,1,3-4,18-19H2. The molecule has 11 aromatic carbocycles. The van der Waals surface area contributed by atoms with Gasteiger partial charge in [0.05, 0.1) is 16.7 Å². The first-order valence-corrected chi connectivity index (χ1v) is 24.4. The molecule has 2 heteroatoms. The van der Waals surface area contributed by atoms with E-state index in [1.807, 2.05) is 0 Å². The fourth-order valence-electron chi connectivity index (χ4n) is 11.7. The zero-order chi connectivity index (χ0) is 45.0. The first kappa shape index (κ1) is 40.1. The van der Waals surface area contributed by atoms with Gasteiger partial charge in [0.15, 0.2) is 0 Å². The van der Waals surface area contributed by atoms with Crippen molar-refractivity contribution in [3.05, 3.63) is 242 Å². The van der Waals surface area contributed by atoms with Crippen molar-refractivity contribution in [1.29, 1.82) is 0 Å². The predicted molar refractivity (Wildman–Crippen MR) is 290 cm³/mol. The second-order valence-electron chi connectivity index (χ2n) is 18.6. The zero-order valence-electron chi connectivity index (χ0n) is 38.0. The molecule has 1 saturated carbocycles. The number of hydrogen-bond acceptors (Lipinski definition) is 1. The van der Waals surface area contributed by atoms with Gasteiger partial charge in [0, 0.05) is 33.4 Å². The van der Waals surface area contributed by atoms with Gasteiger partial charge in [-0.25, -0.2) is 0 Å². The van der Waals surface area contributed by atoms with Crippen LogP contribution in [0.5, 0.6) is 0 Å². The lowest BCUT2D eigenvalue weighted by Crippen LogP contribution is -2.11. The van der Waals surface area contributed by atoms with E-state index >= 15 is 0 Å². The van der Waals surface area contributed by atoms with E-state index in [-0.39, 0.29) is 0 Å². The minimum Gasteiger partial charge on any atom is -0.310 e. The summed E-state index contributed by atoms with van der Waals surface area (Å²) in [7, 11) is 0. The van der Waals surface area contributed by atoms with E-state index in [0.717, 1.165) is 22.7 Å². The zero-order valence-corrected chi connectivity index (χ0v) is 38.0. The number of anilines is 3. The molecule has 0 saturated heterocycles. The molecule has 0 unspecified atom stereocenters. The van der Waals surface area contributed by atoms with E-state index in [2.05, 4.69) is 246 Å². The second-order valence-corrected chi connectivity index (χ2v) is 18.6. The first-order valence-electron chi connectivity index (χ1n) is 24.4. The third-order valence-electron chi connectivity index (χ3n) is 14.8. The second kappa shape index (κ2) is 16.9. The molecule has 1 aliphatic carbocycles. The maximum absolute atomic E-state index is 2.49. The maximum atomic E-state index is 2.49. The van der Waals surface area contributed by atoms with E-state index in [9.17, 15) is 0 Å². The summed E-state index contributed by atoms with van der Waals surface area (Å²) >= 11 is 0. The number of rotatable bonds is 8.